The first kappa shape index (κ1) is 19.1. The van der Waals surface area contributed by atoms with Crippen LogP contribution in [-0.4, -0.2) is 27.5 Å². The minimum Gasteiger partial charge on any atom is -0.492 e. The van der Waals surface area contributed by atoms with Crippen LogP contribution in [0.5, 0.6) is 5.75 Å². The highest BCUT2D eigenvalue weighted by Gasteiger charge is 2.07. The van der Waals surface area contributed by atoms with E-state index in [1.165, 1.54) is 47.4 Å². The van der Waals surface area contributed by atoms with Crippen LogP contribution in [-0.2, 0) is 6.54 Å². The first-order valence-electron chi connectivity index (χ1n) is 7.92. The van der Waals surface area contributed by atoms with Crippen molar-refractivity contribution in [3.63, 3.8) is 0 Å². The van der Waals surface area contributed by atoms with Gasteiger partial charge in [-0.2, -0.15) is 0 Å². The summed E-state index contributed by atoms with van der Waals surface area (Å²) in [4.78, 5) is 10.3. The molecule has 1 aromatic heterocycles. The van der Waals surface area contributed by atoms with Gasteiger partial charge in [0.05, 0.1) is 17.6 Å². The zero-order valence-corrected chi connectivity index (χ0v) is 15.6. The average Bonchev–Trinajstić information content (AvgIpc) is 3.13. The van der Waals surface area contributed by atoms with Crippen molar-refractivity contribution < 1.29 is 14.1 Å². The maximum absolute atomic E-state index is 12.9. The molecule has 0 bridgehead atoms. The summed E-state index contributed by atoms with van der Waals surface area (Å²) in [6, 6.07) is 12.3. The molecule has 1 heterocycles. The van der Waals surface area contributed by atoms with E-state index in [4.69, 9.17) is 4.74 Å². The number of nitrogens with zero attached hydrogens (tertiary/aromatic N) is 3. The van der Waals surface area contributed by atoms with Crippen molar-refractivity contribution >= 4 is 33.9 Å². The van der Waals surface area contributed by atoms with Gasteiger partial charge in [-0.05, 0) is 23.8 Å². The smallest absolute Gasteiger partial charge is 0.273 e. The number of aromatic nitrogens is 2. The lowest BCUT2D eigenvalue weighted by Crippen LogP contribution is -2.00. The summed E-state index contributed by atoms with van der Waals surface area (Å²) in [5.74, 6) is 0.833. The Kier molecular flexibility index (Phi) is 6.55. The Labute approximate surface area is 162 Å². The van der Waals surface area contributed by atoms with E-state index in [1.54, 1.807) is 24.3 Å². The van der Waals surface area contributed by atoms with Gasteiger partial charge in [0, 0.05) is 18.4 Å². The molecule has 1 N–H and O–H groups in total. The topological polar surface area (TPSA) is 90.2 Å². The monoisotopic (exact) mass is 406 g/mol. The number of anilines is 1. The van der Waals surface area contributed by atoms with Crippen molar-refractivity contribution in [2.45, 2.75) is 10.9 Å². The van der Waals surface area contributed by atoms with Gasteiger partial charge >= 0.3 is 0 Å². The SMILES string of the molecule is O=[N+]([O-])c1cccc(OCCSc2nnc(NCc3ccc(F)cc3)s2)c1. The molecule has 0 fully saturated rings. The van der Waals surface area contributed by atoms with Gasteiger partial charge in [0.2, 0.25) is 5.13 Å². The van der Waals surface area contributed by atoms with Crippen LogP contribution < -0.4 is 10.1 Å². The highest BCUT2D eigenvalue weighted by molar-refractivity contribution is 8.01. The molecule has 0 aliphatic carbocycles. The zero-order chi connectivity index (χ0) is 19.1. The first-order chi connectivity index (χ1) is 13.1. The van der Waals surface area contributed by atoms with Crippen molar-refractivity contribution in [1.29, 1.82) is 0 Å². The van der Waals surface area contributed by atoms with Gasteiger partial charge in [-0.25, -0.2) is 4.39 Å². The van der Waals surface area contributed by atoms with Crippen molar-refractivity contribution in [3.8, 4) is 5.75 Å². The number of benzene rings is 2. The normalized spacial score (nSPS) is 10.6. The van der Waals surface area contributed by atoms with E-state index in [9.17, 15) is 14.5 Å². The summed E-state index contributed by atoms with van der Waals surface area (Å²) in [5.41, 5.74) is 0.951. The predicted molar refractivity (Wildman–Crippen MR) is 103 cm³/mol. The van der Waals surface area contributed by atoms with E-state index in [0.717, 1.165) is 9.90 Å². The van der Waals surface area contributed by atoms with Crippen LogP contribution >= 0.6 is 23.1 Å². The van der Waals surface area contributed by atoms with Gasteiger partial charge < -0.3 is 10.1 Å². The second-order valence-electron chi connectivity index (χ2n) is 5.30. The van der Waals surface area contributed by atoms with E-state index in [-0.39, 0.29) is 11.5 Å². The lowest BCUT2D eigenvalue weighted by Gasteiger charge is -2.04. The number of hydrogen-bond acceptors (Lipinski definition) is 8. The third-order valence-electron chi connectivity index (χ3n) is 3.37. The molecule has 2 aromatic carbocycles. The summed E-state index contributed by atoms with van der Waals surface area (Å²) >= 11 is 2.91. The van der Waals surface area contributed by atoms with Gasteiger partial charge in [0.1, 0.15) is 11.6 Å². The number of rotatable bonds is 9. The molecule has 0 unspecified atom stereocenters. The summed E-state index contributed by atoms with van der Waals surface area (Å²) in [7, 11) is 0. The molecule has 3 rings (SSSR count). The Morgan fingerprint density at radius 3 is 2.81 bits per heavy atom. The number of nitro groups is 1. The number of non-ortho nitro benzene ring substituents is 1. The van der Waals surface area contributed by atoms with Crippen molar-refractivity contribution in [2.24, 2.45) is 0 Å². The van der Waals surface area contributed by atoms with Crippen LogP contribution in [0.15, 0.2) is 52.9 Å². The summed E-state index contributed by atoms with van der Waals surface area (Å²) in [6.07, 6.45) is 0. The molecule has 0 radical (unpaired) electrons. The molecule has 0 atom stereocenters. The molecule has 0 amide bonds. The second-order valence-corrected chi connectivity index (χ2v) is 7.62. The van der Waals surface area contributed by atoms with E-state index in [0.29, 0.717) is 29.8 Å². The maximum atomic E-state index is 12.9. The van der Waals surface area contributed by atoms with Crippen LogP contribution in [0.4, 0.5) is 15.2 Å². The molecule has 3 aromatic rings. The predicted octanol–water partition coefficient (Wildman–Crippen LogP) is 4.37. The van der Waals surface area contributed by atoms with Gasteiger partial charge in [-0.1, -0.05) is 41.3 Å². The second kappa shape index (κ2) is 9.28. The zero-order valence-electron chi connectivity index (χ0n) is 14.0. The standard InChI is InChI=1S/C17H15FN4O3S2/c18-13-6-4-12(5-7-13)11-19-16-20-21-17(27-16)26-9-8-25-15-3-1-2-14(10-15)22(23)24/h1-7,10H,8-9,11H2,(H,19,20). The van der Waals surface area contributed by atoms with Crippen LogP contribution in [0.3, 0.4) is 0 Å². The highest BCUT2D eigenvalue weighted by Crippen LogP contribution is 2.26. The van der Waals surface area contributed by atoms with Crippen molar-refractivity contribution in [3.05, 3.63) is 70.0 Å². The molecule has 7 nitrogen and oxygen atoms in total. The number of hydrogen-bond donors (Lipinski definition) is 1. The fraction of sp³-hybridized carbons (Fsp3) is 0.176. The number of halogens is 1. The minimum absolute atomic E-state index is 0.00106. The lowest BCUT2D eigenvalue weighted by molar-refractivity contribution is -0.384. The van der Waals surface area contributed by atoms with E-state index >= 15 is 0 Å². The Bertz CT molecular complexity index is 905. The lowest BCUT2D eigenvalue weighted by atomic mass is 10.2. The number of ether oxygens (including phenoxy) is 1. The van der Waals surface area contributed by atoms with Gasteiger partial charge in [0.15, 0.2) is 4.34 Å². The van der Waals surface area contributed by atoms with Crippen molar-refractivity contribution in [1.82, 2.24) is 10.2 Å². The highest BCUT2D eigenvalue weighted by atomic mass is 32.2. The molecular weight excluding hydrogens is 391 g/mol. The van der Waals surface area contributed by atoms with Crippen molar-refractivity contribution in [2.75, 3.05) is 17.7 Å². The molecule has 0 saturated carbocycles. The summed E-state index contributed by atoms with van der Waals surface area (Å²) < 4.78 is 19.2. The minimum atomic E-state index is -0.455. The van der Waals surface area contributed by atoms with Gasteiger partial charge in [-0.15, -0.1) is 10.2 Å². The molecule has 0 aliphatic heterocycles. The average molecular weight is 406 g/mol. The summed E-state index contributed by atoms with van der Waals surface area (Å²) in [6.45, 7) is 0.930. The van der Waals surface area contributed by atoms with Crippen LogP contribution in [0.2, 0.25) is 0 Å². The molecule has 140 valence electrons. The third-order valence-corrected chi connectivity index (χ3v) is 5.35. The molecule has 0 aliphatic rings. The van der Waals surface area contributed by atoms with Gasteiger partial charge in [0.25, 0.3) is 5.69 Å². The number of nitro benzene ring substituents is 1. The maximum Gasteiger partial charge on any atom is 0.273 e. The molecule has 0 saturated heterocycles. The first-order valence-corrected chi connectivity index (χ1v) is 9.72. The van der Waals surface area contributed by atoms with Crippen LogP contribution in [0, 0.1) is 15.9 Å². The molecular formula is C17H15FN4O3S2. The molecule has 0 spiro atoms. The van der Waals surface area contributed by atoms with E-state index in [1.807, 2.05) is 0 Å². The van der Waals surface area contributed by atoms with Gasteiger partial charge in [-0.3, -0.25) is 10.1 Å². The largest absolute Gasteiger partial charge is 0.492 e. The van der Waals surface area contributed by atoms with Crippen LogP contribution in [0.25, 0.3) is 0 Å². The van der Waals surface area contributed by atoms with E-state index < -0.39 is 4.92 Å². The number of thioether (sulfide) groups is 1. The molecule has 10 heteroatoms. The fourth-order valence-corrected chi connectivity index (χ4v) is 3.73. The number of nitrogens with one attached hydrogen (secondary N) is 1. The Hall–Kier alpha value is -2.72. The Morgan fingerprint density at radius 2 is 2.04 bits per heavy atom. The fourth-order valence-electron chi connectivity index (χ4n) is 2.09. The molecule has 27 heavy (non-hydrogen) atoms. The Morgan fingerprint density at radius 1 is 1.22 bits per heavy atom. The third kappa shape index (κ3) is 5.90. The Balaban J connectivity index is 1.41. The quantitative estimate of drug-likeness (QED) is 0.244. The van der Waals surface area contributed by atoms with Crippen LogP contribution in [0.1, 0.15) is 5.56 Å². The summed E-state index contributed by atoms with van der Waals surface area (Å²) in [5, 5.41) is 22.7. The van der Waals surface area contributed by atoms with E-state index in [2.05, 4.69) is 15.5 Å².